The number of thiocarbonyl (C=S) groups is 1. The molecule has 1 nitrogen and oxygen atoms in total. The fourth-order valence-electron chi connectivity index (χ4n) is 1.17. The van der Waals surface area contributed by atoms with Crippen molar-refractivity contribution in [2.24, 2.45) is 0 Å². The SMILES string of the molecule is S=C1SC[C@@H](COc2ccc(Cl)cc2)S1. The Morgan fingerprint density at radius 3 is 2.73 bits per heavy atom. The van der Waals surface area contributed by atoms with E-state index in [9.17, 15) is 0 Å². The molecule has 1 heterocycles. The molecule has 80 valence electrons. The first-order valence-corrected chi connectivity index (χ1v) is 7.11. The van der Waals surface area contributed by atoms with Crippen LogP contribution in [0.1, 0.15) is 0 Å². The third-order valence-corrected chi connectivity index (χ3v) is 5.28. The van der Waals surface area contributed by atoms with E-state index in [4.69, 9.17) is 28.6 Å². The Labute approximate surface area is 108 Å². The molecule has 0 aromatic heterocycles. The van der Waals surface area contributed by atoms with Crippen molar-refractivity contribution in [2.75, 3.05) is 12.4 Å². The minimum absolute atomic E-state index is 0.484. The Balaban J connectivity index is 1.83. The highest BCUT2D eigenvalue weighted by molar-refractivity contribution is 8.49. The highest BCUT2D eigenvalue weighted by atomic mass is 35.5. The maximum Gasteiger partial charge on any atom is 0.119 e. The van der Waals surface area contributed by atoms with Gasteiger partial charge in [-0.1, -0.05) is 35.6 Å². The summed E-state index contributed by atoms with van der Waals surface area (Å²) in [7, 11) is 0. The molecule has 1 aromatic carbocycles. The van der Waals surface area contributed by atoms with E-state index in [0.717, 1.165) is 20.1 Å². The number of ether oxygens (including phenoxy) is 1. The molecule has 1 atom stereocenters. The van der Waals surface area contributed by atoms with Gasteiger partial charge in [-0.3, -0.25) is 0 Å². The summed E-state index contributed by atoms with van der Waals surface area (Å²) >= 11 is 14.3. The molecule has 0 radical (unpaired) electrons. The molecule has 0 saturated carbocycles. The highest BCUT2D eigenvalue weighted by Gasteiger charge is 2.21. The molecule has 1 fully saturated rings. The van der Waals surface area contributed by atoms with E-state index < -0.39 is 0 Å². The zero-order valence-electron chi connectivity index (χ0n) is 7.81. The summed E-state index contributed by atoms with van der Waals surface area (Å²) in [5.74, 6) is 1.92. The molecule has 0 aliphatic carbocycles. The van der Waals surface area contributed by atoms with Crippen molar-refractivity contribution in [3.63, 3.8) is 0 Å². The fourth-order valence-corrected chi connectivity index (χ4v) is 4.09. The zero-order chi connectivity index (χ0) is 10.7. The van der Waals surface area contributed by atoms with Gasteiger partial charge in [0.1, 0.15) is 15.9 Å². The van der Waals surface area contributed by atoms with Crippen LogP contribution in [0.15, 0.2) is 24.3 Å². The fraction of sp³-hybridized carbons (Fsp3) is 0.300. The Kier molecular flexibility index (Phi) is 4.20. The topological polar surface area (TPSA) is 9.23 Å². The lowest BCUT2D eigenvalue weighted by atomic mass is 10.3. The maximum absolute atomic E-state index is 5.78. The zero-order valence-corrected chi connectivity index (χ0v) is 11.0. The second kappa shape index (κ2) is 5.43. The molecule has 0 spiro atoms. The molecule has 1 aliphatic rings. The van der Waals surface area contributed by atoms with Gasteiger partial charge in [-0.05, 0) is 24.3 Å². The Morgan fingerprint density at radius 2 is 2.13 bits per heavy atom. The average molecular weight is 277 g/mol. The van der Waals surface area contributed by atoms with Gasteiger partial charge >= 0.3 is 0 Å². The summed E-state index contributed by atoms with van der Waals surface area (Å²) in [5.41, 5.74) is 0. The second-order valence-corrected chi connectivity index (χ2v) is 7.03. The molecule has 1 saturated heterocycles. The van der Waals surface area contributed by atoms with Gasteiger partial charge in [-0.25, -0.2) is 0 Å². The van der Waals surface area contributed by atoms with Crippen LogP contribution in [0.4, 0.5) is 0 Å². The van der Waals surface area contributed by atoms with Crippen LogP contribution < -0.4 is 4.74 Å². The molecule has 0 amide bonds. The smallest absolute Gasteiger partial charge is 0.119 e. The quantitative estimate of drug-likeness (QED) is 0.775. The van der Waals surface area contributed by atoms with Gasteiger partial charge < -0.3 is 4.74 Å². The average Bonchev–Trinajstić information content (AvgIpc) is 2.64. The molecular weight excluding hydrogens is 268 g/mol. The van der Waals surface area contributed by atoms with Gasteiger partial charge in [0.15, 0.2) is 0 Å². The van der Waals surface area contributed by atoms with Crippen LogP contribution in [-0.4, -0.2) is 21.1 Å². The molecule has 0 N–H and O–H groups in total. The molecule has 1 aliphatic heterocycles. The van der Waals surface area contributed by atoms with Crippen molar-refractivity contribution in [2.45, 2.75) is 5.25 Å². The van der Waals surface area contributed by atoms with Crippen LogP contribution in [0, 0.1) is 0 Å². The predicted molar refractivity (Wildman–Crippen MR) is 73.4 cm³/mol. The largest absolute Gasteiger partial charge is 0.492 e. The first kappa shape index (κ1) is 11.6. The molecular formula is C10H9ClOS3. The van der Waals surface area contributed by atoms with E-state index in [-0.39, 0.29) is 0 Å². The Morgan fingerprint density at radius 1 is 1.40 bits per heavy atom. The van der Waals surface area contributed by atoms with Crippen molar-refractivity contribution in [1.29, 1.82) is 0 Å². The number of rotatable bonds is 3. The number of halogens is 1. The maximum atomic E-state index is 5.78. The van der Waals surface area contributed by atoms with E-state index in [1.807, 2.05) is 24.3 Å². The van der Waals surface area contributed by atoms with E-state index in [1.54, 1.807) is 23.5 Å². The van der Waals surface area contributed by atoms with Crippen LogP contribution in [-0.2, 0) is 0 Å². The molecule has 0 unspecified atom stereocenters. The molecule has 2 rings (SSSR count). The van der Waals surface area contributed by atoms with Crippen LogP contribution in [0.3, 0.4) is 0 Å². The van der Waals surface area contributed by atoms with Crippen LogP contribution in [0.25, 0.3) is 0 Å². The van der Waals surface area contributed by atoms with Gasteiger partial charge in [0.2, 0.25) is 0 Å². The summed E-state index contributed by atoms with van der Waals surface area (Å²) in [6.45, 7) is 0.708. The number of thioether (sulfide) groups is 2. The summed E-state index contributed by atoms with van der Waals surface area (Å²) in [6.07, 6.45) is 0. The lowest BCUT2D eigenvalue weighted by molar-refractivity contribution is 0.324. The van der Waals surface area contributed by atoms with E-state index >= 15 is 0 Å². The molecule has 15 heavy (non-hydrogen) atoms. The first-order chi connectivity index (χ1) is 7.24. The van der Waals surface area contributed by atoms with E-state index in [1.165, 1.54) is 0 Å². The monoisotopic (exact) mass is 276 g/mol. The summed E-state index contributed by atoms with van der Waals surface area (Å²) in [6, 6.07) is 7.43. The predicted octanol–water partition coefficient (Wildman–Crippen LogP) is 3.85. The summed E-state index contributed by atoms with van der Waals surface area (Å²) < 4.78 is 6.67. The number of benzene rings is 1. The standard InChI is InChI=1S/C10H9ClOS3/c11-7-1-3-8(4-2-7)12-5-9-6-14-10(13)15-9/h1-4,9H,5-6H2/t9-/m1/s1. The lowest BCUT2D eigenvalue weighted by Gasteiger charge is -2.09. The van der Waals surface area contributed by atoms with Crippen molar-refractivity contribution < 1.29 is 4.74 Å². The van der Waals surface area contributed by atoms with Crippen LogP contribution in [0.2, 0.25) is 5.02 Å². The van der Waals surface area contributed by atoms with Gasteiger partial charge in [-0.2, -0.15) is 0 Å². The Hall–Kier alpha value is 0.1000. The van der Waals surface area contributed by atoms with Gasteiger partial charge in [0.05, 0.1) is 5.25 Å². The van der Waals surface area contributed by atoms with Gasteiger partial charge in [-0.15, -0.1) is 11.8 Å². The van der Waals surface area contributed by atoms with Gasteiger partial charge in [0, 0.05) is 10.8 Å². The van der Waals surface area contributed by atoms with Crippen molar-refractivity contribution in [1.82, 2.24) is 0 Å². The minimum Gasteiger partial charge on any atom is -0.492 e. The van der Waals surface area contributed by atoms with Crippen molar-refractivity contribution in [3.8, 4) is 5.75 Å². The normalized spacial score (nSPS) is 20.6. The van der Waals surface area contributed by atoms with Gasteiger partial charge in [0.25, 0.3) is 0 Å². The second-order valence-electron chi connectivity index (χ2n) is 3.07. The van der Waals surface area contributed by atoms with Crippen LogP contribution in [0.5, 0.6) is 5.75 Å². The summed E-state index contributed by atoms with van der Waals surface area (Å²) in [5, 5.41) is 1.22. The molecule has 5 heteroatoms. The number of hydrogen-bond donors (Lipinski definition) is 0. The molecule has 0 bridgehead atoms. The molecule has 1 aromatic rings. The van der Waals surface area contributed by atoms with E-state index in [0.29, 0.717) is 11.9 Å². The highest BCUT2D eigenvalue weighted by Crippen LogP contribution is 2.33. The van der Waals surface area contributed by atoms with Crippen LogP contribution >= 0.6 is 47.3 Å². The van der Waals surface area contributed by atoms with E-state index in [2.05, 4.69) is 0 Å². The summed E-state index contributed by atoms with van der Waals surface area (Å²) in [4.78, 5) is 0. The third kappa shape index (κ3) is 3.55. The third-order valence-electron chi connectivity index (χ3n) is 1.90. The minimum atomic E-state index is 0.484. The lowest BCUT2D eigenvalue weighted by Crippen LogP contribution is -2.13. The first-order valence-electron chi connectivity index (χ1n) is 4.46. The van der Waals surface area contributed by atoms with Crippen molar-refractivity contribution >= 4 is 50.9 Å². The number of hydrogen-bond acceptors (Lipinski definition) is 4. The van der Waals surface area contributed by atoms with Crippen molar-refractivity contribution in [3.05, 3.63) is 29.3 Å². The Bertz CT molecular complexity index is 352.